The van der Waals surface area contributed by atoms with Crippen LogP contribution in [0.25, 0.3) is 6.08 Å². The third kappa shape index (κ3) is 4.08. The lowest BCUT2D eigenvalue weighted by Gasteiger charge is -2.13. The van der Waals surface area contributed by atoms with Crippen molar-refractivity contribution in [1.29, 1.82) is 0 Å². The predicted octanol–water partition coefficient (Wildman–Crippen LogP) is 4.22. The highest BCUT2D eigenvalue weighted by atomic mass is 35.5. The first-order valence-electron chi connectivity index (χ1n) is 8.11. The van der Waals surface area contributed by atoms with Crippen molar-refractivity contribution in [2.24, 2.45) is 0 Å². The van der Waals surface area contributed by atoms with Gasteiger partial charge < -0.3 is 20.5 Å². The van der Waals surface area contributed by atoms with Crippen molar-refractivity contribution in [1.82, 2.24) is 5.32 Å². The largest absolute Gasteiger partial charge is 0.504 e. The average molecular weight is 391 g/mol. The van der Waals surface area contributed by atoms with Crippen molar-refractivity contribution < 1.29 is 14.6 Å². The van der Waals surface area contributed by atoms with Gasteiger partial charge in [-0.3, -0.25) is 4.79 Å². The summed E-state index contributed by atoms with van der Waals surface area (Å²) in [4.78, 5) is 12.7. The highest BCUT2D eigenvalue weighted by molar-refractivity contribution is 8.05. The molecule has 1 saturated heterocycles. The Hall–Kier alpha value is -2.31. The average Bonchev–Trinajstić information content (AvgIpc) is 2.97. The van der Waals surface area contributed by atoms with Crippen LogP contribution in [0.5, 0.6) is 11.5 Å². The van der Waals surface area contributed by atoms with E-state index in [9.17, 15) is 9.90 Å². The summed E-state index contributed by atoms with van der Waals surface area (Å²) in [6.45, 7) is 2.10. The van der Waals surface area contributed by atoms with E-state index >= 15 is 0 Å². The van der Waals surface area contributed by atoms with Gasteiger partial charge in [0.2, 0.25) is 0 Å². The normalized spacial score (nSPS) is 18.0. The van der Waals surface area contributed by atoms with E-state index in [2.05, 4.69) is 29.7 Å². The Morgan fingerprint density at radius 2 is 2.08 bits per heavy atom. The fourth-order valence-electron chi connectivity index (χ4n) is 2.55. The Bertz CT molecular complexity index is 853. The second-order valence-electron chi connectivity index (χ2n) is 5.72. The number of hydrogen-bond acceptors (Lipinski definition) is 5. The van der Waals surface area contributed by atoms with Gasteiger partial charge in [0, 0.05) is 22.3 Å². The molecule has 1 aliphatic rings. The summed E-state index contributed by atoms with van der Waals surface area (Å²) in [6, 6.07) is 11.2. The molecule has 0 aromatic heterocycles. The van der Waals surface area contributed by atoms with Crippen molar-refractivity contribution in [2.75, 3.05) is 12.4 Å². The Labute approximate surface area is 161 Å². The molecule has 2 aromatic carbocycles. The van der Waals surface area contributed by atoms with Crippen LogP contribution in [0, 0.1) is 0 Å². The van der Waals surface area contributed by atoms with Gasteiger partial charge in [0.1, 0.15) is 0 Å². The first-order chi connectivity index (χ1) is 12.5. The molecule has 3 rings (SSSR count). The monoisotopic (exact) mass is 390 g/mol. The summed E-state index contributed by atoms with van der Waals surface area (Å²) in [6.07, 6.45) is 2.58. The summed E-state index contributed by atoms with van der Waals surface area (Å²) in [5.41, 5.74) is 2.32. The van der Waals surface area contributed by atoms with E-state index in [1.807, 2.05) is 12.1 Å². The molecule has 0 bridgehead atoms. The van der Waals surface area contributed by atoms with Crippen molar-refractivity contribution in [3.8, 4) is 11.5 Å². The lowest BCUT2D eigenvalue weighted by atomic mass is 10.1. The lowest BCUT2D eigenvalue weighted by Crippen LogP contribution is -2.30. The number of carbonyl (C=O) groups is 1. The number of amides is 1. The van der Waals surface area contributed by atoms with Crippen molar-refractivity contribution in [3.05, 3.63) is 57.5 Å². The van der Waals surface area contributed by atoms with Gasteiger partial charge in [-0.2, -0.15) is 0 Å². The highest BCUT2D eigenvalue weighted by Crippen LogP contribution is 2.37. The highest BCUT2D eigenvalue weighted by Gasteiger charge is 2.27. The molecule has 5 nitrogen and oxygen atoms in total. The maximum atomic E-state index is 12.2. The smallest absolute Gasteiger partial charge is 0.260 e. The van der Waals surface area contributed by atoms with E-state index in [1.165, 1.54) is 30.5 Å². The number of methoxy groups -OCH3 is 1. The number of nitrogens with one attached hydrogen (secondary N) is 2. The number of benzene rings is 2. The molecule has 0 aliphatic carbocycles. The molecule has 2 aromatic rings. The molecule has 0 spiro atoms. The quantitative estimate of drug-likeness (QED) is 0.667. The Morgan fingerprint density at radius 3 is 2.73 bits per heavy atom. The van der Waals surface area contributed by atoms with Gasteiger partial charge in [0.25, 0.3) is 5.91 Å². The number of rotatable bonds is 5. The van der Waals surface area contributed by atoms with Crippen molar-refractivity contribution in [2.45, 2.75) is 18.8 Å². The summed E-state index contributed by atoms with van der Waals surface area (Å²) in [5, 5.41) is 16.8. The van der Waals surface area contributed by atoms with Crippen LogP contribution in [0.15, 0.2) is 41.3 Å². The summed E-state index contributed by atoms with van der Waals surface area (Å²) in [5.74, 6) is -0.00108. The van der Waals surface area contributed by atoms with Crippen LogP contribution >= 0.6 is 23.4 Å². The molecule has 1 amide bonds. The molecule has 1 atom stereocenters. The fourth-order valence-corrected chi connectivity index (χ4v) is 3.75. The van der Waals surface area contributed by atoms with Crippen molar-refractivity contribution in [3.63, 3.8) is 0 Å². The van der Waals surface area contributed by atoms with E-state index in [0.717, 1.165) is 12.1 Å². The summed E-state index contributed by atoms with van der Waals surface area (Å²) < 4.78 is 5.09. The van der Waals surface area contributed by atoms with Gasteiger partial charge in [0.15, 0.2) is 17.0 Å². The molecule has 3 N–H and O–H groups in total. The molecule has 0 saturated carbocycles. The van der Waals surface area contributed by atoms with Gasteiger partial charge in [-0.05, 0) is 36.3 Å². The predicted molar refractivity (Wildman–Crippen MR) is 107 cm³/mol. The molecule has 1 aliphatic heterocycles. The van der Waals surface area contributed by atoms with E-state index in [4.69, 9.17) is 16.3 Å². The number of ether oxygens (including phenoxy) is 1. The van der Waals surface area contributed by atoms with Gasteiger partial charge in [-0.25, -0.2) is 0 Å². The fraction of sp³-hybridized carbons (Fsp3) is 0.211. The Kier molecular flexibility index (Phi) is 5.64. The number of carbonyl (C=O) groups excluding carboxylic acids is 1. The molecular weight excluding hydrogens is 372 g/mol. The van der Waals surface area contributed by atoms with Crippen molar-refractivity contribution >= 4 is 41.0 Å². The topological polar surface area (TPSA) is 70.6 Å². The SMILES string of the molecule is CCc1ccc(NC2NC(=O)C(=Cc3cc(Cl)cc(OC)c3O)S2)cc1. The standard InChI is InChI=1S/C19H19ClN2O3S/c1-3-11-4-6-14(7-5-11)21-19-22-18(24)16(26-19)9-12-8-13(20)10-15(25-2)17(12)23/h4-10,19,21,23H,3H2,1-2H3,(H,22,24). The minimum absolute atomic E-state index is 0.0515. The van der Waals surface area contributed by atoms with Gasteiger partial charge in [-0.1, -0.05) is 42.4 Å². The van der Waals surface area contributed by atoms with Gasteiger partial charge in [0.05, 0.1) is 12.0 Å². The lowest BCUT2D eigenvalue weighted by molar-refractivity contribution is -0.116. The molecule has 1 fully saturated rings. The Balaban J connectivity index is 1.77. The molecule has 1 heterocycles. The molecule has 7 heteroatoms. The van der Waals surface area contributed by atoms with E-state index < -0.39 is 0 Å². The molecule has 26 heavy (non-hydrogen) atoms. The molecule has 0 radical (unpaired) electrons. The van der Waals surface area contributed by atoms with Crippen LogP contribution in [0.3, 0.4) is 0 Å². The number of anilines is 1. The van der Waals surface area contributed by atoms with Crippen LogP contribution in [-0.4, -0.2) is 23.6 Å². The molecule has 136 valence electrons. The van der Waals surface area contributed by atoms with E-state index in [-0.39, 0.29) is 22.9 Å². The minimum atomic E-state index is -0.288. The summed E-state index contributed by atoms with van der Waals surface area (Å²) in [7, 11) is 1.45. The van der Waals surface area contributed by atoms with Crippen LogP contribution in [0.2, 0.25) is 5.02 Å². The number of aromatic hydroxyl groups is 1. The molecule has 1 unspecified atom stereocenters. The Morgan fingerprint density at radius 1 is 1.35 bits per heavy atom. The minimum Gasteiger partial charge on any atom is -0.504 e. The van der Waals surface area contributed by atoms with Crippen LogP contribution in [0.1, 0.15) is 18.1 Å². The number of thioether (sulfide) groups is 1. The third-order valence-corrected chi connectivity index (χ3v) is 5.21. The zero-order valence-electron chi connectivity index (χ0n) is 14.4. The second kappa shape index (κ2) is 7.93. The summed E-state index contributed by atoms with van der Waals surface area (Å²) >= 11 is 7.38. The van der Waals surface area contributed by atoms with Crippen LogP contribution in [-0.2, 0) is 11.2 Å². The van der Waals surface area contributed by atoms with Crippen LogP contribution < -0.4 is 15.4 Å². The van der Waals surface area contributed by atoms with E-state index in [0.29, 0.717) is 15.5 Å². The third-order valence-electron chi connectivity index (χ3n) is 3.97. The number of phenolic OH excluding ortho intramolecular Hbond substituents is 1. The number of hydrogen-bond donors (Lipinski definition) is 3. The van der Waals surface area contributed by atoms with Gasteiger partial charge in [-0.15, -0.1) is 0 Å². The second-order valence-corrected chi connectivity index (χ2v) is 7.30. The van der Waals surface area contributed by atoms with E-state index in [1.54, 1.807) is 12.1 Å². The zero-order valence-corrected chi connectivity index (χ0v) is 15.9. The molecular formula is C19H19ClN2O3S. The first-order valence-corrected chi connectivity index (χ1v) is 9.37. The maximum Gasteiger partial charge on any atom is 0.260 e. The van der Waals surface area contributed by atoms with Gasteiger partial charge >= 0.3 is 0 Å². The number of aryl methyl sites for hydroxylation is 1. The maximum absolute atomic E-state index is 12.2. The number of phenols is 1. The van der Waals surface area contributed by atoms with Crippen LogP contribution in [0.4, 0.5) is 5.69 Å². The first kappa shape index (κ1) is 18.5. The number of halogens is 1. The zero-order chi connectivity index (χ0) is 18.7.